The zero-order valence-electron chi connectivity index (χ0n) is 11.4. The number of ether oxygens (including phenoxy) is 1. The minimum absolute atomic E-state index is 0. The second-order valence-corrected chi connectivity index (χ2v) is 5.03. The van der Waals surface area contributed by atoms with Crippen molar-refractivity contribution in [2.45, 2.75) is 19.9 Å². The van der Waals surface area contributed by atoms with Gasteiger partial charge in [-0.15, -0.1) is 12.4 Å². The molecule has 0 aliphatic heterocycles. The molecule has 0 radical (unpaired) electrons. The minimum Gasteiger partial charge on any atom is -0.484 e. The highest BCUT2D eigenvalue weighted by Gasteiger charge is 2.06. The van der Waals surface area contributed by atoms with Gasteiger partial charge in [0.1, 0.15) is 5.75 Å². The lowest BCUT2D eigenvalue weighted by Crippen LogP contribution is -2.40. The quantitative estimate of drug-likeness (QED) is 0.802. The van der Waals surface area contributed by atoms with Gasteiger partial charge in [0.05, 0.1) is 0 Å². The summed E-state index contributed by atoms with van der Waals surface area (Å²) in [5.74, 6) is 0.299. The molecule has 7 heteroatoms. The lowest BCUT2D eigenvalue weighted by atomic mass is 10.3. The van der Waals surface area contributed by atoms with Gasteiger partial charge in [-0.2, -0.15) is 0 Å². The molecule has 4 nitrogen and oxygen atoms in total. The Hall–Kier alpha value is -0.680. The fourth-order valence-corrected chi connectivity index (χ4v) is 2.01. The van der Waals surface area contributed by atoms with Gasteiger partial charge in [0.25, 0.3) is 5.91 Å². The van der Waals surface area contributed by atoms with Crippen molar-refractivity contribution in [1.82, 2.24) is 10.6 Å². The normalized spacial score (nSPS) is 11.4. The van der Waals surface area contributed by atoms with Gasteiger partial charge in [-0.3, -0.25) is 4.79 Å². The highest BCUT2D eigenvalue weighted by atomic mass is 35.5. The maximum Gasteiger partial charge on any atom is 0.257 e. The molecule has 0 saturated carbocycles. The van der Waals surface area contributed by atoms with Crippen LogP contribution in [-0.2, 0) is 4.79 Å². The summed E-state index contributed by atoms with van der Waals surface area (Å²) in [5, 5.41) is 6.92. The maximum absolute atomic E-state index is 11.6. The van der Waals surface area contributed by atoms with Gasteiger partial charge in [-0.25, -0.2) is 0 Å². The van der Waals surface area contributed by atoms with Crippen LogP contribution in [0.3, 0.4) is 0 Å². The zero-order chi connectivity index (χ0) is 14.3. The van der Waals surface area contributed by atoms with Gasteiger partial charge < -0.3 is 15.4 Å². The van der Waals surface area contributed by atoms with Gasteiger partial charge in [0.15, 0.2) is 6.61 Å². The van der Waals surface area contributed by atoms with Crippen LogP contribution < -0.4 is 15.4 Å². The summed E-state index contributed by atoms with van der Waals surface area (Å²) in [5.41, 5.74) is 0. The molecule has 1 amide bonds. The number of rotatable bonds is 7. The number of hydrogen-bond donors (Lipinski definition) is 2. The average molecular weight is 342 g/mol. The molecule has 0 spiro atoms. The fourth-order valence-electron chi connectivity index (χ4n) is 1.50. The van der Waals surface area contributed by atoms with Crippen molar-refractivity contribution in [2.24, 2.45) is 0 Å². The Bertz CT molecular complexity index is 410. The third-order valence-corrected chi connectivity index (χ3v) is 2.80. The summed E-state index contributed by atoms with van der Waals surface area (Å²) in [7, 11) is 0. The first-order chi connectivity index (χ1) is 9.01. The molecule has 1 aromatic carbocycles. The first-order valence-corrected chi connectivity index (χ1v) is 6.85. The molecule has 0 aliphatic rings. The van der Waals surface area contributed by atoms with Crippen LogP contribution in [0.2, 0.25) is 10.0 Å². The largest absolute Gasteiger partial charge is 0.484 e. The van der Waals surface area contributed by atoms with Crippen LogP contribution in [0.4, 0.5) is 0 Å². The molecule has 1 aromatic rings. The third-order valence-electron chi connectivity index (χ3n) is 2.36. The van der Waals surface area contributed by atoms with Crippen molar-refractivity contribution in [1.29, 1.82) is 0 Å². The summed E-state index contributed by atoms with van der Waals surface area (Å²) < 4.78 is 5.32. The number of nitrogens with one attached hydrogen (secondary N) is 2. The van der Waals surface area contributed by atoms with E-state index in [1.807, 2.05) is 13.8 Å². The summed E-state index contributed by atoms with van der Waals surface area (Å²) in [6, 6.07) is 5.06. The van der Waals surface area contributed by atoms with Crippen molar-refractivity contribution < 1.29 is 9.53 Å². The minimum atomic E-state index is -0.180. The van der Waals surface area contributed by atoms with Crippen LogP contribution in [0.15, 0.2) is 18.2 Å². The smallest absolute Gasteiger partial charge is 0.257 e. The Morgan fingerprint density at radius 2 is 1.90 bits per heavy atom. The second kappa shape index (κ2) is 10.1. The number of carbonyl (C=O) groups is 1. The Kier molecular flexibility index (Phi) is 9.76. The Balaban J connectivity index is 0.00000361. The third kappa shape index (κ3) is 7.80. The van der Waals surface area contributed by atoms with Crippen LogP contribution in [0, 0.1) is 0 Å². The topological polar surface area (TPSA) is 50.4 Å². The van der Waals surface area contributed by atoms with Gasteiger partial charge in [-0.1, -0.05) is 30.1 Å². The average Bonchev–Trinajstić information content (AvgIpc) is 2.33. The standard InChI is InChI=1S/C13H18Cl2N2O2.ClH/c1-3-16-9(2)7-17-13(18)8-19-12-5-10(14)4-11(15)6-12;/h4-6,9,16H,3,7-8H2,1-2H3,(H,17,18);1H/t9-;/m1./s1. The predicted octanol–water partition coefficient (Wildman–Crippen LogP) is 2.91. The molecule has 20 heavy (non-hydrogen) atoms. The molecule has 114 valence electrons. The predicted molar refractivity (Wildman–Crippen MR) is 85.4 cm³/mol. The van der Waals surface area contributed by atoms with Crippen LogP contribution in [0.25, 0.3) is 0 Å². The lowest BCUT2D eigenvalue weighted by Gasteiger charge is -2.13. The van der Waals surface area contributed by atoms with Gasteiger partial charge >= 0.3 is 0 Å². The molecule has 0 unspecified atom stereocenters. The van der Waals surface area contributed by atoms with E-state index in [0.29, 0.717) is 22.3 Å². The Labute approximate surface area is 135 Å². The highest BCUT2D eigenvalue weighted by Crippen LogP contribution is 2.23. The van der Waals surface area contributed by atoms with Crippen molar-refractivity contribution >= 4 is 41.5 Å². The molecule has 0 fully saturated rings. The van der Waals surface area contributed by atoms with E-state index in [9.17, 15) is 4.79 Å². The van der Waals surface area contributed by atoms with Gasteiger partial charge in [0.2, 0.25) is 0 Å². The highest BCUT2D eigenvalue weighted by molar-refractivity contribution is 6.34. The number of benzene rings is 1. The van der Waals surface area contributed by atoms with E-state index in [1.54, 1.807) is 18.2 Å². The summed E-state index contributed by atoms with van der Waals surface area (Å²) in [6.07, 6.45) is 0. The van der Waals surface area contributed by atoms with E-state index in [2.05, 4.69) is 10.6 Å². The first-order valence-electron chi connectivity index (χ1n) is 6.10. The number of amides is 1. The van der Waals surface area contributed by atoms with E-state index in [-0.39, 0.29) is 31.0 Å². The van der Waals surface area contributed by atoms with Crippen molar-refractivity contribution in [3.63, 3.8) is 0 Å². The maximum atomic E-state index is 11.6. The van der Waals surface area contributed by atoms with E-state index in [1.165, 1.54) is 0 Å². The van der Waals surface area contributed by atoms with E-state index in [4.69, 9.17) is 27.9 Å². The van der Waals surface area contributed by atoms with Crippen LogP contribution in [0.5, 0.6) is 5.75 Å². The van der Waals surface area contributed by atoms with Gasteiger partial charge in [0, 0.05) is 22.6 Å². The SMILES string of the molecule is CCN[C@H](C)CNC(=O)COc1cc(Cl)cc(Cl)c1.Cl. The number of carbonyl (C=O) groups excluding carboxylic acids is 1. The van der Waals surface area contributed by atoms with E-state index < -0.39 is 0 Å². The van der Waals surface area contributed by atoms with Gasteiger partial charge in [-0.05, 0) is 31.7 Å². The summed E-state index contributed by atoms with van der Waals surface area (Å²) in [4.78, 5) is 11.6. The van der Waals surface area contributed by atoms with Crippen LogP contribution in [-0.4, -0.2) is 31.6 Å². The van der Waals surface area contributed by atoms with Crippen molar-refractivity contribution in [3.8, 4) is 5.75 Å². The number of halogens is 3. The second-order valence-electron chi connectivity index (χ2n) is 4.16. The molecule has 0 aromatic heterocycles. The molecular formula is C13H19Cl3N2O2. The van der Waals surface area contributed by atoms with Crippen LogP contribution >= 0.6 is 35.6 Å². The molecule has 0 heterocycles. The van der Waals surface area contributed by atoms with Crippen molar-refractivity contribution in [3.05, 3.63) is 28.2 Å². The summed E-state index contributed by atoms with van der Waals surface area (Å²) in [6.45, 7) is 5.39. The summed E-state index contributed by atoms with van der Waals surface area (Å²) >= 11 is 11.7. The van der Waals surface area contributed by atoms with Crippen molar-refractivity contribution in [2.75, 3.05) is 19.7 Å². The van der Waals surface area contributed by atoms with E-state index >= 15 is 0 Å². The molecular weight excluding hydrogens is 323 g/mol. The van der Waals surface area contributed by atoms with Crippen LogP contribution in [0.1, 0.15) is 13.8 Å². The molecule has 0 bridgehead atoms. The van der Waals surface area contributed by atoms with E-state index in [0.717, 1.165) is 6.54 Å². The zero-order valence-corrected chi connectivity index (χ0v) is 13.7. The molecule has 0 saturated heterocycles. The molecule has 2 N–H and O–H groups in total. The number of likely N-dealkylation sites (N-methyl/N-ethyl adjacent to an activating group) is 1. The molecule has 0 aliphatic carbocycles. The molecule has 1 rings (SSSR count). The number of hydrogen-bond acceptors (Lipinski definition) is 3. The Morgan fingerprint density at radius 3 is 2.45 bits per heavy atom. The first kappa shape index (κ1) is 19.3. The lowest BCUT2D eigenvalue weighted by molar-refractivity contribution is -0.123. The Morgan fingerprint density at radius 1 is 1.30 bits per heavy atom. The monoisotopic (exact) mass is 340 g/mol. The fraction of sp³-hybridized carbons (Fsp3) is 0.462. The molecule has 1 atom stereocenters.